The van der Waals surface area contributed by atoms with Crippen molar-refractivity contribution < 1.29 is 23.0 Å². The molecule has 1 N–H and O–H groups in total. The number of methoxy groups -OCH3 is 1. The van der Waals surface area contributed by atoms with Gasteiger partial charge >= 0.3 is 6.18 Å². The zero-order chi connectivity index (χ0) is 14.8. The van der Waals surface area contributed by atoms with Crippen LogP contribution in [0.25, 0.3) is 11.1 Å². The van der Waals surface area contributed by atoms with Crippen LogP contribution in [0.3, 0.4) is 0 Å². The second kappa shape index (κ2) is 5.54. The minimum atomic E-state index is -4.48. The minimum Gasteiger partial charge on any atom is -0.497 e. The predicted octanol–water partition coefficient (Wildman–Crippen LogP) is 3.87. The van der Waals surface area contributed by atoms with Crippen LogP contribution in [0.1, 0.15) is 11.1 Å². The van der Waals surface area contributed by atoms with E-state index in [1.165, 1.54) is 19.2 Å². The molecule has 0 atom stereocenters. The Morgan fingerprint density at radius 3 is 2.45 bits per heavy atom. The normalized spacial score (nSPS) is 11.4. The van der Waals surface area contributed by atoms with Crippen molar-refractivity contribution in [2.45, 2.75) is 12.8 Å². The SMILES string of the molecule is COc1cccc(-c2ccc(CO)cc2C(F)(F)F)c1. The Bertz CT molecular complexity index is 606. The summed E-state index contributed by atoms with van der Waals surface area (Å²) in [6.07, 6.45) is -4.48. The number of aliphatic hydroxyl groups excluding tert-OH is 1. The molecule has 0 saturated heterocycles. The maximum absolute atomic E-state index is 13.1. The molecule has 0 aliphatic carbocycles. The van der Waals surface area contributed by atoms with E-state index in [4.69, 9.17) is 9.84 Å². The molecule has 0 unspecified atom stereocenters. The number of halogens is 3. The third kappa shape index (κ3) is 2.93. The van der Waals surface area contributed by atoms with Crippen molar-refractivity contribution in [3.8, 4) is 16.9 Å². The van der Waals surface area contributed by atoms with Gasteiger partial charge in [0.1, 0.15) is 5.75 Å². The van der Waals surface area contributed by atoms with E-state index in [1.807, 2.05) is 0 Å². The maximum Gasteiger partial charge on any atom is 0.417 e. The summed E-state index contributed by atoms with van der Waals surface area (Å²) in [6.45, 7) is -0.429. The van der Waals surface area contributed by atoms with Crippen molar-refractivity contribution in [2.24, 2.45) is 0 Å². The maximum atomic E-state index is 13.1. The second-order valence-electron chi connectivity index (χ2n) is 4.27. The highest BCUT2D eigenvalue weighted by atomic mass is 19.4. The van der Waals surface area contributed by atoms with Gasteiger partial charge in [-0.15, -0.1) is 0 Å². The number of ether oxygens (including phenoxy) is 1. The van der Waals surface area contributed by atoms with Crippen LogP contribution in [0.5, 0.6) is 5.75 Å². The quantitative estimate of drug-likeness (QED) is 0.926. The van der Waals surface area contributed by atoms with E-state index in [9.17, 15) is 13.2 Å². The molecule has 0 heterocycles. The van der Waals surface area contributed by atoms with E-state index < -0.39 is 18.3 Å². The lowest BCUT2D eigenvalue weighted by atomic mass is 9.97. The Morgan fingerprint density at radius 1 is 1.10 bits per heavy atom. The van der Waals surface area contributed by atoms with Crippen molar-refractivity contribution in [3.05, 3.63) is 53.6 Å². The molecule has 0 bridgehead atoms. The summed E-state index contributed by atoms with van der Waals surface area (Å²) < 4.78 is 44.4. The van der Waals surface area contributed by atoms with Crippen LogP contribution in [-0.2, 0) is 12.8 Å². The predicted molar refractivity (Wildman–Crippen MR) is 69.4 cm³/mol. The third-order valence-corrected chi connectivity index (χ3v) is 2.95. The molecule has 0 radical (unpaired) electrons. The Balaban J connectivity index is 2.60. The molecule has 20 heavy (non-hydrogen) atoms. The molecule has 0 aliphatic rings. The third-order valence-electron chi connectivity index (χ3n) is 2.95. The summed E-state index contributed by atoms with van der Waals surface area (Å²) in [6, 6.07) is 10.2. The molecule has 0 aromatic heterocycles. The summed E-state index contributed by atoms with van der Waals surface area (Å²) in [7, 11) is 1.46. The van der Waals surface area contributed by atoms with Crippen LogP contribution in [0.2, 0.25) is 0 Å². The van der Waals surface area contributed by atoms with Gasteiger partial charge in [-0.3, -0.25) is 0 Å². The van der Waals surface area contributed by atoms with E-state index in [2.05, 4.69) is 0 Å². The summed E-state index contributed by atoms with van der Waals surface area (Å²) in [4.78, 5) is 0. The van der Waals surface area contributed by atoms with E-state index >= 15 is 0 Å². The van der Waals surface area contributed by atoms with Crippen LogP contribution in [-0.4, -0.2) is 12.2 Å². The molecule has 5 heteroatoms. The fourth-order valence-electron chi connectivity index (χ4n) is 1.97. The molecule has 0 aliphatic heterocycles. The topological polar surface area (TPSA) is 29.5 Å². The monoisotopic (exact) mass is 282 g/mol. The minimum absolute atomic E-state index is 0.0635. The molecule has 106 valence electrons. The van der Waals surface area contributed by atoms with Crippen molar-refractivity contribution in [1.82, 2.24) is 0 Å². The van der Waals surface area contributed by atoms with Gasteiger partial charge in [-0.1, -0.05) is 24.3 Å². The summed E-state index contributed by atoms with van der Waals surface area (Å²) in [5.41, 5.74) is -0.0592. The lowest BCUT2D eigenvalue weighted by Crippen LogP contribution is -2.08. The number of benzene rings is 2. The number of hydrogen-bond donors (Lipinski definition) is 1. The van der Waals surface area contributed by atoms with Crippen LogP contribution in [0.15, 0.2) is 42.5 Å². The van der Waals surface area contributed by atoms with E-state index in [0.29, 0.717) is 11.3 Å². The van der Waals surface area contributed by atoms with E-state index in [1.54, 1.807) is 24.3 Å². The fraction of sp³-hybridized carbons (Fsp3) is 0.200. The molecule has 2 aromatic rings. The lowest BCUT2D eigenvalue weighted by Gasteiger charge is -2.15. The molecule has 0 fully saturated rings. The highest BCUT2D eigenvalue weighted by Crippen LogP contribution is 2.38. The first-order valence-electron chi connectivity index (χ1n) is 5.91. The number of alkyl halides is 3. The first-order chi connectivity index (χ1) is 9.45. The average Bonchev–Trinajstić information content (AvgIpc) is 2.45. The van der Waals surface area contributed by atoms with Crippen LogP contribution in [0.4, 0.5) is 13.2 Å². The van der Waals surface area contributed by atoms with Gasteiger partial charge in [0.2, 0.25) is 0 Å². The molecular formula is C15H13F3O2. The standard InChI is InChI=1S/C15H13F3O2/c1-20-12-4-2-3-11(8-12)13-6-5-10(9-19)7-14(13)15(16,17)18/h2-8,19H,9H2,1H3. The zero-order valence-corrected chi connectivity index (χ0v) is 10.7. The Kier molecular flexibility index (Phi) is 3.99. The van der Waals surface area contributed by atoms with Crippen LogP contribution in [0, 0.1) is 0 Å². The van der Waals surface area contributed by atoms with Crippen LogP contribution >= 0.6 is 0 Å². The lowest BCUT2D eigenvalue weighted by molar-refractivity contribution is -0.137. The first kappa shape index (κ1) is 14.4. The molecule has 0 saturated carbocycles. The number of hydrogen-bond acceptors (Lipinski definition) is 2. The highest BCUT2D eigenvalue weighted by molar-refractivity contribution is 5.69. The molecule has 0 spiro atoms. The van der Waals surface area contributed by atoms with Gasteiger partial charge in [-0.2, -0.15) is 13.2 Å². The van der Waals surface area contributed by atoms with Crippen LogP contribution < -0.4 is 4.74 Å². The van der Waals surface area contributed by atoms with E-state index in [-0.39, 0.29) is 11.1 Å². The largest absolute Gasteiger partial charge is 0.497 e. The van der Waals surface area contributed by atoms with Gasteiger partial charge in [0.15, 0.2) is 0 Å². The van der Waals surface area contributed by atoms with Crippen molar-refractivity contribution >= 4 is 0 Å². The fourth-order valence-corrected chi connectivity index (χ4v) is 1.97. The second-order valence-corrected chi connectivity index (χ2v) is 4.27. The van der Waals surface area contributed by atoms with Gasteiger partial charge in [0, 0.05) is 0 Å². The van der Waals surface area contributed by atoms with Gasteiger partial charge in [0.25, 0.3) is 0 Å². The molecule has 2 nitrogen and oxygen atoms in total. The Labute approximate surface area is 114 Å². The van der Waals surface area contributed by atoms with Gasteiger partial charge in [-0.25, -0.2) is 0 Å². The zero-order valence-electron chi connectivity index (χ0n) is 10.7. The van der Waals surface area contributed by atoms with Crippen molar-refractivity contribution in [2.75, 3.05) is 7.11 Å². The molecular weight excluding hydrogens is 269 g/mol. The van der Waals surface area contributed by atoms with Gasteiger partial charge in [0.05, 0.1) is 19.3 Å². The van der Waals surface area contributed by atoms with Gasteiger partial charge in [-0.05, 0) is 34.9 Å². The van der Waals surface area contributed by atoms with E-state index in [0.717, 1.165) is 6.07 Å². The smallest absolute Gasteiger partial charge is 0.417 e. The molecule has 0 amide bonds. The summed E-state index contributed by atoms with van der Waals surface area (Å²) in [5.74, 6) is 0.488. The number of rotatable bonds is 3. The molecule has 2 aromatic carbocycles. The highest BCUT2D eigenvalue weighted by Gasteiger charge is 2.33. The molecule has 2 rings (SSSR count). The average molecular weight is 282 g/mol. The Morgan fingerprint density at radius 2 is 1.85 bits per heavy atom. The van der Waals surface area contributed by atoms with Crippen molar-refractivity contribution in [1.29, 1.82) is 0 Å². The Hall–Kier alpha value is -2.01. The van der Waals surface area contributed by atoms with Gasteiger partial charge < -0.3 is 9.84 Å². The summed E-state index contributed by atoms with van der Waals surface area (Å²) >= 11 is 0. The first-order valence-corrected chi connectivity index (χ1v) is 5.91. The van der Waals surface area contributed by atoms with Crippen molar-refractivity contribution in [3.63, 3.8) is 0 Å². The summed E-state index contributed by atoms with van der Waals surface area (Å²) in [5, 5.41) is 8.98. The number of aliphatic hydroxyl groups is 1.